The van der Waals surface area contributed by atoms with Crippen LogP contribution in [0.25, 0.3) is 28.6 Å². The van der Waals surface area contributed by atoms with E-state index in [0.717, 1.165) is 5.56 Å². The van der Waals surface area contributed by atoms with Gasteiger partial charge in [0, 0.05) is 28.3 Å². The van der Waals surface area contributed by atoms with Gasteiger partial charge in [-0.25, -0.2) is 0 Å². The van der Waals surface area contributed by atoms with Crippen molar-refractivity contribution in [2.45, 2.75) is 0 Å². The Bertz CT molecular complexity index is 1020. The number of non-ortho nitro benzene ring substituents is 1. The van der Waals surface area contributed by atoms with E-state index in [1.54, 1.807) is 42.6 Å². The van der Waals surface area contributed by atoms with E-state index in [-0.39, 0.29) is 5.69 Å². The highest BCUT2D eigenvalue weighted by molar-refractivity contribution is 6.30. The first-order valence-electron chi connectivity index (χ1n) is 6.97. The number of hydrogen-bond donors (Lipinski definition) is 0. The SMILES string of the molecule is O=[N+]([O-])c1cccc(-c2cn3nc(-c4ccc(Cl)cc4)oc3n2)c1. The molecule has 0 saturated carbocycles. The lowest BCUT2D eigenvalue weighted by Crippen LogP contribution is -1.88. The molecular formula is C16H9ClN4O3. The minimum atomic E-state index is -0.444. The number of benzene rings is 2. The number of aromatic nitrogens is 3. The second kappa shape index (κ2) is 5.47. The van der Waals surface area contributed by atoms with Gasteiger partial charge in [0.15, 0.2) is 0 Å². The third-order valence-electron chi connectivity index (χ3n) is 3.49. The molecule has 0 aliphatic carbocycles. The molecule has 4 aromatic rings. The van der Waals surface area contributed by atoms with Crippen molar-refractivity contribution < 1.29 is 9.34 Å². The number of rotatable bonds is 3. The predicted molar refractivity (Wildman–Crippen MR) is 87.8 cm³/mol. The van der Waals surface area contributed by atoms with Gasteiger partial charge in [0.1, 0.15) is 0 Å². The zero-order valence-corrected chi connectivity index (χ0v) is 12.8. The summed E-state index contributed by atoms with van der Waals surface area (Å²) in [7, 11) is 0. The first-order chi connectivity index (χ1) is 11.6. The zero-order chi connectivity index (χ0) is 16.7. The number of hydrogen-bond acceptors (Lipinski definition) is 5. The lowest BCUT2D eigenvalue weighted by atomic mass is 10.1. The monoisotopic (exact) mass is 340 g/mol. The van der Waals surface area contributed by atoms with E-state index in [1.807, 2.05) is 0 Å². The van der Waals surface area contributed by atoms with Crippen LogP contribution in [0, 0.1) is 10.1 Å². The average Bonchev–Trinajstić information content (AvgIpc) is 3.14. The number of nitrogens with zero attached hydrogens (tertiary/aromatic N) is 4. The van der Waals surface area contributed by atoms with Crippen LogP contribution < -0.4 is 0 Å². The summed E-state index contributed by atoms with van der Waals surface area (Å²) in [6.45, 7) is 0. The maximum Gasteiger partial charge on any atom is 0.325 e. The fraction of sp³-hybridized carbons (Fsp3) is 0. The third-order valence-corrected chi connectivity index (χ3v) is 3.74. The molecule has 0 aliphatic rings. The lowest BCUT2D eigenvalue weighted by Gasteiger charge is -1.96. The molecule has 118 valence electrons. The second-order valence-electron chi connectivity index (χ2n) is 5.07. The number of nitro benzene ring substituents is 1. The first kappa shape index (κ1) is 14.4. The van der Waals surface area contributed by atoms with Crippen molar-refractivity contribution in [2.75, 3.05) is 0 Å². The van der Waals surface area contributed by atoms with Gasteiger partial charge in [-0.3, -0.25) is 10.1 Å². The van der Waals surface area contributed by atoms with Crippen LogP contribution in [-0.4, -0.2) is 19.5 Å². The average molecular weight is 341 g/mol. The van der Waals surface area contributed by atoms with Gasteiger partial charge in [0.2, 0.25) is 5.89 Å². The van der Waals surface area contributed by atoms with E-state index in [1.165, 1.54) is 16.6 Å². The van der Waals surface area contributed by atoms with E-state index in [2.05, 4.69) is 10.1 Å². The summed E-state index contributed by atoms with van der Waals surface area (Å²) < 4.78 is 7.14. The first-order valence-corrected chi connectivity index (χ1v) is 7.35. The standard InChI is InChI=1S/C16H9ClN4O3/c17-12-6-4-10(5-7-12)15-19-20-9-14(18-16(20)24-15)11-2-1-3-13(8-11)21(22)23/h1-9H. The van der Waals surface area contributed by atoms with Crippen molar-refractivity contribution in [1.82, 2.24) is 14.6 Å². The van der Waals surface area contributed by atoms with Gasteiger partial charge in [0.05, 0.1) is 16.8 Å². The third kappa shape index (κ3) is 2.50. The van der Waals surface area contributed by atoms with Gasteiger partial charge in [-0.05, 0) is 24.3 Å². The Hall–Kier alpha value is -3.19. The molecule has 0 N–H and O–H groups in total. The smallest absolute Gasteiger partial charge is 0.325 e. The van der Waals surface area contributed by atoms with Crippen LogP contribution in [0.2, 0.25) is 5.02 Å². The normalized spacial score (nSPS) is 11.0. The van der Waals surface area contributed by atoms with Crippen LogP contribution in [0.5, 0.6) is 0 Å². The van der Waals surface area contributed by atoms with Crippen LogP contribution in [-0.2, 0) is 0 Å². The van der Waals surface area contributed by atoms with E-state index in [0.29, 0.717) is 28.0 Å². The van der Waals surface area contributed by atoms with Crippen LogP contribution in [0.15, 0.2) is 59.1 Å². The Balaban J connectivity index is 1.72. The molecule has 0 aliphatic heterocycles. The maximum atomic E-state index is 10.9. The topological polar surface area (TPSA) is 86.5 Å². The minimum Gasteiger partial charge on any atom is -0.403 e. The van der Waals surface area contributed by atoms with Crippen molar-refractivity contribution in [1.29, 1.82) is 0 Å². The Morgan fingerprint density at radius 1 is 1.12 bits per heavy atom. The Labute approximate surface area is 140 Å². The van der Waals surface area contributed by atoms with E-state index in [4.69, 9.17) is 16.0 Å². The van der Waals surface area contributed by atoms with Gasteiger partial charge in [-0.1, -0.05) is 23.7 Å². The summed E-state index contributed by atoms with van der Waals surface area (Å²) in [6, 6.07) is 13.3. The van der Waals surface area contributed by atoms with Gasteiger partial charge < -0.3 is 4.42 Å². The number of halogens is 1. The van der Waals surface area contributed by atoms with Crippen molar-refractivity contribution >= 4 is 23.1 Å². The van der Waals surface area contributed by atoms with Gasteiger partial charge >= 0.3 is 5.84 Å². The molecule has 24 heavy (non-hydrogen) atoms. The van der Waals surface area contributed by atoms with E-state index >= 15 is 0 Å². The highest BCUT2D eigenvalue weighted by Crippen LogP contribution is 2.26. The summed E-state index contributed by atoms with van der Waals surface area (Å²) in [6.07, 6.45) is 1.66. The summed E-state index contributed by atoms with van der Waals surface area (Å²) in [5.74, 6) is 0.723. The molecule has 8 heteroatoms. The van der Waals surface area contributed by atoms with E-state index < -0.39 is 4.92 Å². The fourth-order valence-electron chi connectivity index (χ4n) is 2.33. The second-order valence-corrected chi connectivity index (χ2v) is 5.51. The zero-order valence-electron chi connectivity index (χ0n) is 12.1. The van der Waals surface area contributed by atoms with Crippen LogP contribution >= 0.6 is 11.6 Å². The molecule has 2 heterocycles. The summed E-state index contributed by atoms with van der Waals surface area (Å²) in [4.78, 5) is 14.8. The van der Waals surface area contributed by atoms with Crippen molar-refractivity contribution in [3.8, 4) is 22.7 Å². The molecule has 0 amide bonds. The molecule has 0 fully saturated rings. The molecular weight excluding hydrogens is 332 g/mol. The number of nitro groups is 1. The maximum absolute atomic E-state index is 10.9. The molecule has 2 aromatic heterocycles. The number of fused-ring (bicyclic) bond motifs is 1. The van der Waals surface area contributed by atoms with E-state index in [9.17, 15) is 10.1 Å². The van der Waals surface area contributed by atoms with Crippen molar-refractivity contribution in [3.63, 3.8) is 0 Å². The molecule has 0 spiro atoms. The minimum absolute atomic E-state index is 0.00642. The molecule has 4 rings (SSSR count). The number of imidazole rings is 1. The van der Waals surface area contributed by atoms with Crippen LogP contribution in [0.3, 0.4) is 0 Å². The molecule has 2 aromatic carbocycles. The lowest BCUT2D eigenvalue weighted by molar-refractivity contribution is -0.384. The van der Waals surface area contributed by atoms with Gasteiger partial charge in [-0.15, -0.1) is 5.10 Å². The van der Waals surface area contributed by atoms with Gasteiger partial charge in [0.25, 0.3) is 5.69 Å². The Morgan fingerprint density at radius 3 is 2.62 bits per heavy atom. The van der Waals surface area contributed by atoms with Crippen molar-refractivity contribution in [2.24, 2.45) is 0 Å². The molecule has 0 atom stereocenters. The molecule has 0 unspecified atom stereocenters. The molecule has 0 saturated heterocycles. The van der Waals surface area contributed by atoms with Crippen molar-refractivity contribution in [3.05, 3.63) is 69.9 Å². The molecule has 7 nitrogen and oxygen atoms in total. The summed E-state index contributed by atoms with van der Waals surface area (Å²) in [5, 5.41) is 15.8. The van der Waals surface area contributed by atoms with Crippen LogP contribution in [0.1, 0.15) is 0 Å². The quantitative estimate of drug-likeness (QED) is 0.411. The fourth-order valence-corrected chi connectivity index (χ4v) is 2.45. The molecule has 0 radical (unpaired) electrons. The largest absolute Gasteiger partial charge is 0.403 e. The Morgan fingerprint density at radius 2 is 1.92 bits per heavy atom. The Kier molecular flexibility index (Phi) is 3.28. The summed E-state index contributed by atoms with van der Waals surface area (Å²) >= 11 is 5.86. The highest BCUT2D eigenvalue weighted by Gasteiger charge is 2.14. The highest BCUT2D eigenvalue weighted by atomic mass is 35.5. The summed E-state index contributed by atoms with van der Waals surface area (Å²) in [5.41, 5.74) is 1.96. The van der Waals surface area contributed by atoms with Crippen LogP contribution in [0.4, 0.5) is 5.69 Å². The van der Waals surface area contributed by atoms with Gasteiger partial charge in [-0.2, -0.15) is 9.50 Å². The predicted octanol–water partition coefficient (Wildman–Crippen LogP) is 4.22. The molecule has 0 bridgehead atoms.